The molecule has 1 rings (SSSR count). The smallest absolute Gasteiger partial charge is 0.0436 e. The summed E-state index contributed by atoms with van der Waals surface area (Å²) < 4.78 is 1.11. The topological polar surface area (TPSA) is 26.0 Å². The zero-order chi connectivity index (χ0) is 8.27. The van der Waals surface area contributed by atoms with E-state index in [-0.39, 0.29) is 18.4 Å². The SMILES string of the molecule is C=CC[C@@H](N)c1sccc1Br.Cl. The Balaban J connectivity index is 0.00000121. The van der Waals surface area contributed by atoms with E-state index in [0.717, 1.165) is 10.9 Å². The summed E-state index contributed by atoms with van der Waals surface area (Å²) in [6, 6.07) is 2.12. The lowest BCUT2D eigenvalue weighted by Gasteiger charge is -2.05. The number of halogens is 2. The molecular formula is C8H11BrClNS. The zero-order valence-corrected chi connectivity index (χ0v) is 9.71. The van der Waals surface area contributed by atoms with Crippen molar-refractivity contribution in [3.05, 3.63) is 33.5 Å². The predicted octanol–water partition coefficient (Wildman–Crippen LogP) is 3.51. The fourth-order valence-corrected chi connectivity index (χ4v) is 2.54. The Kier molecular flexibility index (Phi) is 5.84. The van der Waals surface area contributed by atoms with Gasteiger partial charge in [0.1, 0.15) is 0 Å². The third-order valence-electron chi connectivity index (χ3n) is 1.40. The number of thiophene rings is 1. The first-order valence-corrected chi connectivity index (χ1v) is 5.02. The second-order valence-corrected chi connectivity index (χ2v) is 4.07. The lowest BCUT2D eigenvalue weighted by Crippen LogP contribution is -2.07. The molecule has 1 nitrogen and oxygen atoms in total. The van der Waals surface area contributed by atoms with Gasteiger partial charge in [-0.1, -0.05) is 6.08 Å². The second-order valence-electron chi connectivity index (χ2n) is 2.26. The van der Waals surface area contributed by atoms with Crippen molar-refractivity contribution < 1.29 is 0 Å². The lowest BCUT2D eigenvalue weighted by molar-refractivity contribution is 0.754. The van der Waals surface area contributed by atoms with Crippen LogP contribution in [-0.2, 0) is 0 Å². The molecule has 2 N–H and O–H groups in total. The highest BCUT2D eigenvalue weighted by Crippen LogP contribution is 2.29. The van der Waals surface area contributed by atoms with Crippen LogP contribution in [0, 0.1) is 0 Å². The van der Waals surface area contributed by atoms with Crippen LogP contribution in [0.5, 0.6) is 0 Å². The largest absolute Gasteiger partial charge is 0.323 e. The van der Waals surface area contributed by atoms with Gasteiger partial charge < -0.3 is 5.73 Å². The molecule has 0 aromatic carbocycles. The van der Waals surface area contributed by atoms with Crippen molar-refractivity contribution in [2.24, 2.45) is 5.73 Å². The van der Waals surface area contributed by atoms with E-state index < -0.39 is 0 Å². The van der Waals surface area contributed by atoms with Gasteiger partial charge in [0.05, 0.1) is 0 Å². The third-order valence-corrected chi connectivity index (χ3v) is 3.40. The fourth-order valence-electron chi connectivity index (χ4n) is 0.857. The molecule has 1 aromatic rings. The molecule has 0 aliphatic rings. The Morgan fingerprint density at radius 3 is 2.83 bits per heavy atom. The summed E-state index contributed by atoms with van der Waals surface area (Å²) in [5.41, 5.74) is 5.86. The van der Waals surface area contributed by atoms with E-state index in [4.69, 9.17) is 5.73 Å². The van der Waals surface area contributed by atoms with Crippen LogP contribution in [-0.4, -0.2) is 0 Å². The zero-order valence-electron chi connectivity index (χ0n) is 6.50. The molecule has 0 aliphatic carbocycles. The predicted molar refractivity (Wildman–Crippen MR) is 61.0 cm³/mol. The second kappa shape index (κ2) is 5.75. The minimum Gasteiger partial charge on any atom is -0.323 e. The van der Waals surface area contributed by atoms with Gasteiger partial charge in [-0.3, -0.25) is 0 Å². The molecule has 1 atom stereocenters. The molecule has 0 unspecified atom stereocenters. The molecule has 0 radical (unpaired) electrons. The van der Waals surface area contributed by atoms with Crippen LogP contribution in [0.25, 0.3) is 0 Å². The van der Waals surface area contributed by atoms with Crippen molar-refractivity contribution in [2.75, 3.05) is 0 Å². The summed E-state index contributed by atoms with van der Waals surface area (Å²) in [6.07, 6.45) is 2.68. The molecular weight excluding hydrogens is 258 g/mol. The maximum Gasteiger partial charge on any atom is 0.0436 e. The summed E-state index contributed by atoms with van der Waals surface area (Å²) in [5, 5.41) is 2.03. The Labute approximate surface area is 91.2 Å². The van der Waals surface area contributed by atoms with Gasteiger partial charge in [-0.15, -0.1) is 30.3 Å². The maximum absolute atomic E-state index is 5.86. The Bertz CT molecular complexity index is 249. The Morgan fingerprint density at radius 2 is 2.42 bits per heavy atom. The first-order chi connectivity index (χ1) is 5.25. The van der Waals surface area contributed by atoms with Crippen LogP contribution in [0.1, 0.15) is 17.3 Å². The third kappa shape index (κ3) is 2.90. The summed E-state index contributed by atoms with van der Waals surface area (Å²) in [5.74, 6) is 0. The number of rotatable bonds is 3. The number of hydrogen-bond donors (Lipinski definition) is 1. The quantitative estimate of drug-likeness (QED) is 0.834. The molecule has 68 valence electrons. The van der Waals surface area contributed by atoms with Crippen molar-refractivity contribution in [3.63, 3.8) is 0 Å². The van der Waals surface area contributed by atoms with Crippen molar-refractivity contribution in [3.8, 4) is 0 Å². The molecule has 12 heavy (non-hydrogen) atoms. The average molecular weight is 269 g/mol. The molecule has 0 aliphatic heterocycles. The Morgan fingerprint density at radius 1 is 1.75 bits per heavy atom. The van der Waals surface area contributed by atoms with Gasteiger partial charge in [0, 0.05) is 15.4 Å². The van der Waals surface area contributed by atoms with Gasteiger partial charge in [0.15, 0.2) is 0 Å². The molecule has 0 saturated heterocycles. The van der Waals surface area contributed by atoms with Crippen LogP contribution < -0.4 is 5.73 Å². The molecule has 0 spiro atoms. The van der Waals surface area contributed by atoms with E-state index in [2.05, 4.69) is 22.5 Å². The lowest BCUT2D eigenvalue weighted by atomic mass is 10.2. The molecule has 0 bridgehead atoms. The summed E-state index contributed by atoms with van der Waals surface area (Å²) in [7, 11) is 0. The van der Waals surface area contributed by atoms with Gasteiger partial charge in [-0.25, -0.2) is 0 Å². The van der Waals surface area contributed by atoms with E-state index in [1.807, 2.05) is 17.5 Å². The Hall–Kier alpha value is 0.170. The molecule has 0 fully saturated rings. The maximum atomic E-state index is 5.86. The van der Waals surface area contributed by atoms with Crippen LogP contribution in [0.2, 0.25) is 0 Å². The monoisotopic (exact) mass is 267 g/mol. The summed E-state index contributed by atoms with van der Waals surface area (Å²) >= 11 is 5.11. The van der Waals surface area contributed by atoms with Gasteiger partial charge in [0.25, 0.3) is 0 Å². The van der Waals surface area contributed by atoms with Gasteiger partial charge in [-0.05, 0) is 33.8 Å². The molecule has 0 saturated carbocycles. The van der Waals surface area contributed by atoms with Crippen molar-refractivity contribution in [1.29, 1.82) is 0 Å². The summed E-state index contributed by atoms with van der Waals surface area (Å²) in [6.45, 7) is 3.65. The minimum absolute atomic E-state index is 0. The molecule has 4 heteroatoms. The van der Waals surface area contributed by atoms with Gasteiger partial charge in [0.2, 0.25) is 0 Å². The molecule has 1 aromatic heterocycles. The first kappa shape index (κ1) is 12.2. The van der Waals surface area contributed by atoms with Gasteiger partial charge >= 0.3 is 0 Å². The number of hydrogen-bond acceptors (Lipinski definition) is 2. The van der Waals surface area contributed by atoms with E-state index in [1.54, 1.807) is 11.3 Å². The van der Waals surface area contributed by atoms with Crippen LogP contribution in [0.3, 0.4) is 0 Å². The number of nitrogens with two attached hydrogens (primary N) is 1. The highest BCUT2D eigenvalue weighted by Gasteiger charge is 2.08. The van der Waals surface area contributed by atoms with Crippen LogP contribution in [0.4, 0.5) is 0 Å². The average Bonchev–Trinajstić information content (AvgIpc) is 2.36. The highest BCUT2D eigenvalue weighted by atomic mass is 79.9. The van der Waals surface area contributed by atoms with Gasteiger partial charge in [-0.2, -0.15) is 0 Å². The van der Waals surface area contributed by atoms with E-state index in [9.17, 15) is 0 Å². The first-order valence-electron chi connectivity index (χ1n) is 3.35. The standard InChI is InChI=1S/C8H10BrNS.ClH/c1-2-3-7(10)8-6(9)4-5-11-8;/h2,4-5,7H,1,3,10H2;1H/t7-;/m1./s1. The highest BCUT2D eigenvalue weighted by molar-refractivity contribution is 9.10. The van der Waals surface area contributed by atoms with E-state index >= 15 is 0 Å². The van der Waals surface area contributed by atoms with Crippen molar-refractivity contribution in [1.82, 2.24) is 0 Å². The van der Waals surface area contributed by atoms with Crippen molar-refractivity contribution in [2.45, 2.75) is 12.5 Å². The van der Waals surface area contributed by atoms with E-state index in [1.165, 1.54) is 4.88 Å². The molecule has 1 heterocycles. The fraction of sp³-hybridized carbons (Fsp3) is 0.250. The normalized spacial score (nSPS) is 11.8. The van der Waals surface area contributed by atoms with Crippen molar-refractivity contribution >= 4 is 39.7 Å². The summed E-state index contributed by atoms with van der Waals surface area (Å²) in [4.78, 5) is 1.20. The molecule has 0 amide bonds. The van der Waals surface area contributed by atoms with Crippen LogP contribution in [0.15, 0.2) is 28.6 Å². The minimum atomic E-state index is 0. The van der Waals surface area contributed by atoms with E-state index in [0.29, 0.717) is 0 Å². The van der Waals surface area contributed by atoms with Crippen LogP contribution >= 0.6 is 39.7 Å².